The Morgan fingerprint density at radius 1 is 1.23 bits per heavy atom. The smallest absolute Gasteiger partial charge is 0.290 e. The minimum Gasteiger partial charge on any atom is -0.494 e. The van der Waals surface area contributed by atoms with Gasteiger partial charge in [-0.3, -0.25) is 4.79 Å². The molecule has 1 aliphatic heterocycles. The molecule has 0 bridgehead atoms. The van der Waals surface area contributed by atoms with Crippen molar-refractivity contribution < 1.29 is 18.7 Å². The summed E-state index contributed by atoms with van der Waals surface area (Å²) < 4.78 is 23.5. The molecule has 0 aliphatic carbocycles. The van der Waals surface area contributed by atoms with E-state index in [0.29, 0.717) is 13.2 Å². The number of thiophene rings is 1. The van der Waals surface area contributed by atoms with Gasteiger partial charge in [-0.05, 0) is 29.1 Å². The first-order valence-electron chi connectivity index (χ1n) is 6.78. The zero-order valence-corrected chi connectivity index (χ0v) is 12.4. The summed E-state index contributed by atoms with van der Waals surface area (Å²) >= 11 is 1.52. The van der Waals surface area contributed by atoms with Gasteiger partial charge in [-0.15, -0.1) is 11.3 Å². The van der Waals surface area contributed by atoms with E-state index in [1.54, 1.807) is 12.1 Å². The number of halogens is 1. The second-order valence-corrected chi connectivity index (χ2v) is 5.65. The average Bonchev–Trinajstić information content (AvgIpc) is 3.08. The second-order valence-electron chi connectivity index (χ2n) is 4.67. The van der Waals surface area contributed by atoms with E-state index in [4.69, 9.17) is 9.47 Å². The number of hydrogen-bond donors (Lipinski definition) is 1. The highest BCUT2D eigenvalue weighted by atomic mass is 32.1. The molecule has 3 rings (SSSR count). The van der Waals surface area contributed by atoms with Gasteiger partial charge >= 0.3 is 0 Å². The summed E-state index contributed by atoms with van der Waals surface area (Å²) in [5, 5.41) is 4.83. The summed E-state index contributed by atoms with van der Waals surface area (Å²) in [6.07, 6.45) is 1.31. The number of benzene rings is 1. The number of ether oxygens (including phenoxy) is 2. The van der Waals surface area contributed by atoms with Crippen molar-refractivity contribution >= 4 is 17.2 Å². The molecule has 1 aromatic heterocycles. The fourth-order valence-electron chi connectivity index (χ4n) is 2.12. The van der Waals surface area contributed by atoms with Gasteiger partial charge in [0.15, 0.2) is 0 Å². The van der Waals surface area contributed by atoms with Crippen molar-refractivity contribution in [2.75, 3.05) is 13.2 Å². The highest BCUT2D eigenvalue weighted by Gasteiger charge is 2.22. The Morgan fingerprint density at radius 2 is 2.05 bits per heavy atom. The van der Waals surface area contributed by atoms with Crippen molar-refractivity contribution in [3.63, 3.8) is 0 Å². The summed E-state index contributed by atoms with van der Waals surface area (Å²) in [4.78, 5) is 13.2. The molecule has 2 heterocycles. The number of rotatable bonds is 4. The Balaban J connectivity index is 1.84. The molecular formula is C16H14FNO3S. The van der Waals surface area contributed by atoms with Crippen LogP contribution in [0, 0.1) is 5.82 Å². The van der Waals surface area contributed by atoms with Crippen molar-refractivity contribution in [1.29, 1.82) is 0 Å². The predicted molar refractivity (Wildman–Crippen MR) is 80.7 cm³/mol. The number of nitrogens with one attached hydrogen (secondary N) is 1. The molecule has 1 atom stereocenters. The van der Waals surface area contributed by atoms with Crippen LogP contribution < -0.4 is 5.32 Å². The fourth-order valence-corrected chi connectivity index (χ4v) is 2.92. The maximum Gasteiger partial charge on any atom is 0.290 e. The monoisotopic (exact) mass is 319 g/mol. The molecule has 1 aliphatic rings. The van der Waals surface area contributed by atoms with E-state index in [1.807, 2.05) is 17.5 Å². The third-order valence-electron chi connectivity index (χ3n) is 3.18. The summed E-state index contributed by atoms with van der Waals surface area (Å²) in [6, 6.07) is 9.54. The van der Waals surface area contributed by atoms with E-state index in [-0.39, 0.29) is 23.5 Å². The van der Waals surface area contributed by atoms with Crippen molar-refractivity contribution in [3.05, 3.63) is 70.1 Å². The van der Waals surface area contributed by atoms with Crippen LogP contribution in [0.3, 0.4) is 0 Å². The van der Waals surface area contributed by atoms with Crippen LogP contribution in [0.2, 0.25) is 0 Å². The normalized spacial score (nSPS) is 15.2. The Morgan fingerprint density at radius 3 is 2.68 bits per heavy atom. The van der Waals surface area contributed by atoms with E-state index in [1.165, 1.54) is 29.7 Å². The lowest BCUT2D eigenvalue weighted by molar-refractivity contribution is -0.122. The Labute approximate surface area is 131 Å². The van der Waals surface area contributed by atoms with Crippen molar-refractivity contribution in [2.24, 2.45) is 0 Å². The van der Waals surface area contributed by atoms with E-state index in [0.717, 1.165) is 10.4 Å². The van der Waals surface area contributed by atoms with E-state index < -0.39 is 0 Å². The van der Waals surface area contributed by atoms with E-state index >= 15 is 0 Å². The number of carbonyl (C=O) groups is 1. The first kappa shape index (κ1) is 14.6. The van der Waals surface area contributed by atoms with Crippen LogP contribution in [0.1, 0.15) is 16.5 Å². The number of hydrogen-bond acceptors (Lipinski definition) is 4. The SMILES string of the molecule is O=C(N[C@@H](c1ccc(F)cc1)c1cccs1)C1=COCCO1. The molecule has 6 heteroatoms. The summed E-state index contributed by atoms with van der Waals surface area (Å²) in [7, 11) is 0. The van der Waals surface area contributed by atoms with Crippen LogP contribution in [-0.2, 0) is 14.3 Å². The van der Waals surface area contributed by atoms with Gasteiger partial charge in [0.05, 0.1) is 6.04 Å². The van der Waals surface area contributed by atoms with Crippen LogP contribution in [0.25, 0.3) is 0 Å². The molecule has 0 unspecified atom stereocenters. The van der Waals surface area contributed by atoms with Gasteiger partial charge < -0.3 is 14.8 Å². The van der Waals surface area contributed by atoms with Gasteiger partial charge in [0.25, 0.3) is 5.91 Å². The van der Waals surface area contributed by atoms with Gasteiger partial charge in [-0.1, -0.05) is 18.2 Å². The van der Waals surface area contributed by atoms with Gasteiger partial charge in [-0.2, -0.15) is 0 Å². The minimum atomic E-state index is -0.362. The van der Waals surface area contributed by atoms with E-state index in [2.05, 4.69) is 5.32 Å². The lowest BCUT2D eigenvalue weighted by Crippen LogP contribution is -2.32. The van der Waals surface area contributed by atoms with Gasteiger partial charge in [0, 0.05) is 4.88 Å². The number of carbonyl (C=O) groups excluding carboxylic acids is 1. The molecule has 0 saturated heterocycles. The zero-order valence-electron chi connectivity index (χ0n) is 11.6. The van der Waals surface area contributed by atoms with Crippen LogP contribution in [-0.4, -0.2) is 19.1 Å². The molecule has 114 valence electrons. The first-order chi connectivity index (χ1) is 10.7. The molecule has 0 saturated carbocycles. The molecule has 0 fully saturated rings. The second kappa shape index (κ2) is 6.62. The van der Waals surface area contributed by atoms with Crippen LogP contribution in [0.15, 0.2) is 53.8 Å². The molecule has 2 aromatic rings. The van der Waals surface area contributed by atoms with Crippen LogP contribution in [0.5, 0.6) is 0 Å². The molecule has 1 N–H and O–H groups in total. The fraction of sp³-hybridized carbons (Fsp3) is 0.188. The van der Waals surface area contributed by atoms with Crippen LogP contribution in [0.4, 0.5) is 4.39 Å². The molecule has 1 amide bonds. The molecule has 4 nitrogen and oxygen atoms in total. The molecular weight excluding hydrogens is 305 g/mol. The third kappa shape index (κ3) is 3.28. The van der Waals surface area contributed by atoms with Gasteiger partial charge in [0.1, 0.15) is 25.3 Å². The predicted octanol–water partition coefficient (Wildman–Crippen LogP) is 2.98. The minimum absolute atomic E-state index is 0.148. The lowest BCUT2D eigenvalue weighted by Gasteiger charge is -2.20. The summed E-state index contributed by atoms with van der Waals surface area (Å²) in [6.45, 7) is 0.780. The third-order valence-corrected chi connectivity index (χ3v) is 4.12. The highest BCUT2D eigenvalue weighted by Crippen LogP contribution is 2.26. The van der Waals surface area contributed by atoms with Crippen LogP contribution >= 0.6 is 11.3 Å². The number of amides is 1. The van der Waals surface area contributed by atoms with Gasteiger partial charge in [0.2, 0.25) is 5.76 Å². The Kier molecular flexibility index (Phi) is 4.39. The molecule has 22 heavy (non-hydrogen) atoms. The maximum absolute atomic E-state index is 13.1. The van der Waals surface area contributed by atoms with Gasteiger partial charge in [-0.25, -0.2) is 4.39 Å². The van der Waals surface area contributed by atoms with Crippen molar-refractivity contribution in [2.45, 2.75) is 6.04 Å². The Hall–Kier alpha value is -2.34. The largest absolute Gasteiger partial charge is 0.494 e. The lowest BCUT2D eigenvalue weighted by atomic mass is 10.1. The molecule has 1 aromatic carbocycles. The zero-order chi connectivity index (χ0) is 15.4. The topological polar surface area (TPSA) is 47.6 Å². The standard InChI is InChI=1S/C16H14FNO3S/c17-12-5-3-11(4-6-12)15(14-2-1-9-22-14)18-16(19)13-10-20-7-8-21-13/h1-6,9-10,15H,7-8H2,(H,18,19)/t15-/m0/s1. The average molecular weight is 319 g/mol. The summed E-state index contributed by atoms with van der Waals surface area (Å²) in [5.74, 6) is -0.524. The van der Waals surface area contributed by atoms with Crippen molar-refractivity contribution in [3.8, 4) is 0 Å². The maximum atomic E-state index is 13.1. The van der Waals surface area contributed by atoms with E-state index in [9.17, 15) is 9.18 Å². The highest BCUT2D eigenvalue weighted by molar-refractivity contribution is 7.10. The first-order valence-corrected chi connectivity index (χ1v) is 7.66. The molecule has 0 radical (unpaired) electrons. The quantitative estimate of drug-likeness (QED) is 0.942. The summed E-state index contributed by atoms with van der Waals surface area (Å²) in [5.41, 5.74) is 0.800. The van der Waals surface area contributed by atoms with Crippen molar-refractivity contribution in [1.82, 2.24) is 5.32 Å². The molecule has 0 spiro atoms. The Bertz CT molecular complexity index is 667.